The highest BCUT2D eigenvalue weighted by Gasteiger charge is 2.31. The van der Waals surface area contributed by atoms with Crippen molar-refractivity contribution in [2.75, 3.05) is 32.7 Å². The fourth-order valence-electron chi connectivity index (χ4n) is 5.36. The van der Waals surface area contributed by atoms with Crippen LogP contribution in [0.5, 0.6) is 0 Å². The molecule has 0 spiro atoms. The first kappa shape index (κ1) is 20.6. The summed E-state index contributed by atoms with van der Waals surface area (Å²) in [6.45, 7) is 9.46. The van der Waals surface area contributed by atoms with Gasteiger partial charge in [-0.3, -0.25) is 19.1 Å². The molecule has 4 heterocycles. The van der Waals surface area contributed by atoms with Crippen molar-refractivity contribution in [2.24, 2.45) is 5.41 Å². The number of nitrogens with zero attached hydrogens (tertiary/aromatic N) is 4. The third kappa shape index (κ3) is 4.90. The Kier molecular flexibility index (Phi) is 6.09. The van der Waals surface area contributed by atoms with Crippen LogP contribution in [-0.2, 0) is 17.8 Å². The quantitative estimate of drug-likeness (QED) is 0.783. The average molecular weight is 401 g/mol. The molecule has 0 saturated carbocycles. The second-order valence-electron chi connectivity index (χ2n) is 10.1. The van der Waals surface area contributed by atoms with E-state index in [1.165, 1.54) is 12.8 Å². The Morgan fingerprint density at radius 2 is 2.00 bits per heavy atom. The van der Waals surface area contributed by atoms with Crippen molar-refractivity contribution in [3.63, 3.8) is 0 Å². The van der Waals surface area contributed by atoms with E-state index in [4.69, 9.17) is 4.98 Å². The van der Waals surface area contributed by atoms with Gasteiger partial charge in [0.05, 0.1) is 12.2 Å². The maximum Gasteiger partial charge on any atom is 0.253 e. The van der Waals surface area contributed by atoms with Crippen LogP contribution in [0, 0.1) is 5.41 Å². The average Bonchev–Trinajstić information content (AvgIpc) is 2.93. The zero-order chi connectivity index (χ0) is 20.4. The normalized spacial score (nSPS) is 25.3. The number of fused-ring (bicyclic) bond motifs is 1. The van der Waals surface area contributed by atoms with E-state index in [1.807, 2.05) is 9.47 Å². The van der Waals surface area contributed by atoms with Gasteiger partial charge < -0.3 is 4.90 Å². The number of aromatic nitrogens is 2. The largest absolute Gasteiger partial charge is 0.341 e. The minimum Gasteiger partial charge on any atom is -0.341 e. The number of aryl methyl sites for hydroxylation is 1. The standard InChI is InChI=1S/C23H36N4O2/c1-23(2)10-7-11-25(17-23)16-22(29)26-12-6-8-18(15-26)19-14-21(28)27-13-5-3-4-9-20(27)24-19/h14,18H,3-13,15-17H2,1-2H3/t18-/m1/s1. The van der Waals surface area contributed by atoms with E-state index >= 15 is 0 Å². The Morgan fingerprint density at radius 1 is 1.14 bits per heavy atom. The molecule has 3 aliphatic rings. The molecule has 1 amide bonds. The maximum atomic E-state index is 13.0. The Bertz CT molecular complexity index is 801. The summed E-state index contributed by atoms with van der Waals surface area (Å²) in [6.07, 6.45) is 8.64. The van der Waals surface area contributed by atoms with Crippen LogP contribution in [0.2, 0.25) is 0 Å². The summed E-state index contributed by atoms with van der Waals surface area (Å²) in [5, 5.41) is 0. The van der Waals surface area contributed by atoms with Crippen LogP contribution in [0.3, 0.4) is 0 Å². The zero-order valence-electron chi connectivity index (χ0n) is 18.2. The lowest BCUT2D eigenvalue weighted by atomic mass is 9.84. The SMILES string of the molecule is CC1(C)CCCN(CC(=O)N2CCC[C@@H](c3cc(=O)n4c(n3)CCCCC4)C2)C1. The predicted molar refractivity (Wildman–Crippen MR) is 114 cm³/mol. The van der Waals surface area contributed by atoms with Gasteiger partial charge in [0.15, 0.2) is 0 Å². The number of piperidine rings is 2. The summed E-state index contributed by atoms with van der Waals surface area (Å²) in [6, 6.07) is 1.74. The van der Waals surface area contributed by atoms with Crippen molar-refractivity contribution >= 4 is 5.91 Å². The van der Waals surface area contributed by atoms with Crippen LogP contribution in [0.25, 0.3) is 0 Å². The summed E-state index contributed by atoms with van der Waals surface area (Å²) >= 11 is 0. The number of carbonyl (C=O) groups excluding carboxylic acids is 1. The van der Waals surface area contributed by atoms with Gasteiger partial charge in [-0.15, -0.1) is 0 Å². The van der Waals surface area contributed by atoms with Crippen LogP contribution in [-0.4, -0.2) is 58.0 Å². The Labute approximate surface area is 174 Å². The van der Waals surface area contributed by atoms with E-state index in [1.54, 1.807) is 6.07 Å². The van der Waals surface area contributed by atoms with E-state index in [-0.39, 0.29) is 17.4 Å². The number of rotatable bonds is 3. The van der Waals surface area contributed by atoms with Gasteiger partial charge >= 0.3 is 0 Å². The molecule has 0 radical (unpaired) electrons. The minimum absolute atomic E-state index is 0.0888. The second-order valence-corrected chi connectivity index (χ2v) is 10.1. The first-order valence-electron chi connectivity index (χ1n) is 11.5. The number of hydrogen-bond donors (Lipinski definition) is 0. The smallest absolute Gasteiger partial charge is 0.253 e. The highest BCUT2D eigenvalue weighted by molar-refractivity contribution is 5.78. The van der Waals surface area contributed by atoms with E-state index in [0.717, 1.165) is 76.2 Å². The monoisotopic (exact) mass is 400 g/mol. The molecule has 160 valence electrons. The molecule has 2 saturated heterocycles. The first-order valence-corrected chi connectivity index (χ1v) is 11.5. The zero-order valence-corrected chi connectivity index (χ0v) is 18.2. The molecule has 1 aromatic heterocycles. The third-order valence-electron chi connectivity index (χ3n) is 6.92. The number of hydrogen-bond acceptors (Lipinski definition) is 4. The molecule has 0 aromatic carbocycles. The lowest BCUT2D eigenvalue weighted by molar-refractivity contribution is -0.134. The topological polar surface area (TPSA) is 58.4 Å². The van der Waals surface area contributed by atoms with Gasteiger partial charge in [0.1, 0.15) is 5.82 Å². The molecule has 6 nitrogen and oxygen atoms in total. The van der Waals surface area contributed by atoms with Gasteiger partial charge in [-0.25, -0.2) is 4.98 Å². The van der Waals surface area contributed by atoms with Crippen LogP contribution in [0.4, 0.5) is 0 Å². The van der Waals surface area contributed by atoms with Crippen molar-refractivity contribution < 1.29 is 4.79 Å². The highest BCUT2D eigenvalue weighted by atomic mass is 16.2. The van der Waals surface area contributed by atoms with Gasteiger partial charge in [-0.1, -0.05) is 20.3 Å². The molecule has 0 aliphatic carbocycles. The van der Waals surface area contributed by atoms with Gasteiger partial charge in [-0.05, 0) is 50.5 Å². The number of carbonyl (C=O) groups is 1. The van der Waals surface area contributed by atoms with Gasteiger partial charge in [0.2, 0.25) is 5.91 Å². The van der Waals surface area contributed by atoms with Crippen molar-refractivity contribution in [3.8, 4) is 0 Å². The summed E-state index contributed by atoms with van der Waals surface area (Å²) in [5.41, 5.74) is 1.29. The molecular weight excluding hydrogens is 364 g/mol. The van der Waals surface area contributed by atoms with Crippen LogP contribution < -0.4 is 5.56 Å². The molecular formula is C23H36N4O2. The number of amides is 1. The van der Waals surface area contributed by atoms with Crippen molar-refractivity contribution in [1.29, 1.82) is 0 Å². The lowest BCUT2D eigenvalue weighted by Crippen LogP contribution is -2.48. The molecule has 6 heteroatoms. The molecule has 2 fully saturated rings. The van der Waals surface area contributed by atoms with Crippen LogP contribution in [0.1, 0.15) is 76.2 Å². The number of likely N-dealkylation sites (tertiary alicyclic amines) is 2. The van der Waals surface area contributed by atoms with E-state index in [0.29, 0.717) is 18.5 Å². The van der Waals surface area contributed by atoms with Gasteiger partial charge in [-0.2, -0.15) is 0 Å². The molecule has 4 rings (SSSR count). The summed E-state index contributed by atoms with van der Waals surface area (Å²) in [5.74, 6) is 1.37. The molecule has 0 N–H and O–H groups in total. The molecule has 0 bridgehead atoms. The van der Waals surface area contributed by atoms with Crippen molar-refractivity contribution in [2.45, 2.75) is 77.7 Å². The highest BCUT2D eigenvalue weighted by Crippen LogP contribution is 2.29. The lowest BCUT2D eigenvalue weighted by Gasteiger charge is -2.39. The molecule has 1 aromatic rings. The third-order valence-corrected chi connectivity index (χ3v) is 6.92. The maximum absolute atomic E-state index is 13.0. The summed E-state index contributed by atoms with van der Waals surface area (Å²) in [4.78, 5) is 34.9. The van der Waals surface area contributed by atoms with E-state index < -0.39 is 0 Å². The molecule has 1 atom stereocenters. The fraction of sp³-hybridized carbons (Fsp3) is 0.783. The van der Waals surface area contributed by atoms with Gasteiger partial charge in [0.25, 0.3) is 5.56 Å². The fourth-order valence-corrected chi connectivity index (χ4v) is 5.36. The van der Waals surface area contributed by atoms with E-state index in [2.05, 4.69) is 18.7 Å². The summed E-state index contributed by atoms with van der Waals surface area (Å²) < 4.78 is 1.86. The Balaban J connectivity index is 1.43. The van der Waals surface area contributed by atoms with Crippen LogP contribution in [0.15, 0.2) is 10.9 Å². The minimum atomic E-state index is 0.0888. The molecule has 3 aliphatic heterocycles. The molecule has 0 unspecified atom stereocenters. The van der Waals surface area contributed by atoms with Crippen molar-refractivity contribution in [1.82, 2.24) is 19.4 Å². The first-order chi connectivity index (χ1) is 13.9. The molecule has 29 heavy (non-hydrogen) atoms. The second kappa shape index (κ2) is 8.58. The Hall–Kier alpha value is -1.69. The Morgan fingerprint density at radius 3 is 2.83 bits per heavy atom. The predicted octanol–water partition coefficient (Wildman–Crippen LogP) is 2.80. The van der Waals surface area contributed by atoms with Gasteiger partial charge in [0, 0.05) is 44.6 Å². The van der Waals surface area contributed by atoms with Crippen molar-refractivity contribution in [3.05, 3.63) is 27.9 Å². The van der Waals surface area contributed by atoms with E-state index in [9.17, 15) is 9.59 Å². The van der Waals surface area contributed by atoms with Crippen LogP contribution >= 0.6 is 0 Å². The summed E-state index contributed by atoms with van der Waals surface area (Å²) in [7, 11) is 0.